The molecule has 1 fully saturated rings. The standard InChI is InChI=1S/C16H20N4O/c1-12-5-7-20(8-6-12)16(21)14(9-17)10-19-15-4-3-13(2)18-11-15/h3-4,10-12,19H,5-8H2,1-2H3/b14-10-. The first-order valence-corrected chi connectivity index (χ1v) is 7.19. The van der Waals surface area contributed by atoms with Crippen LogP contribution in [0.4, 0.5) is 5.69 Å². The molecule has 0 aliphatic carbocycles. The first kappa shape index (κ1) is 15.0. The molecule has 0 saturated carbocycles. The maximum Gasteiger partial charge on any atom is 0.266 e. The molecule has 1 saturated heterocycles. The van der Waals surface area contributed by atoms with Crippen molar-refractivity contribution in [1.29, 1.82) is 5.26 Å². The fraction of sp³-hybridized carbons (Fsp3) is 0.438. The fourth-order valence-electron chi connectivity index (χ4n) is 2.23. The second kappa shape index (κ2) is 6.89. The minimum atomic E-state index is -0.197. The van der Waals surface area contributed by atoms with Gasteiger partial charge in [0.2, 0.25) is 0 Å². The molecule has 1 N–H and O–H groups in total. The number of carbonyl (C=O) groups excluding carboxylic acids is 1. The van der Waals surface area contributed by atoms with E-state index in [0.717, 1.165) is 37.3 Å². The number of pyridine rings is 1. The topological polar surface area (TPSA) is 69.0 Å². The largest absolute Gasteiger partial charge is 0.359 e. The zero-order valence-electron chi connectivity index (χ0n) is 12.5. The highest BCUT2D eigenvalue weighted by atomic mass is 16.2. The lowest BCUT2D eigenvalue weighted by Crippen LogP contribution is -2.38. The van der Waals surface area contributed by atoms with Crippen LogP contribution in [-0.4, -0.2) is 28.9 Å². The van der Waals surface area contributed by atoms with E-state index in [1.165, 1.54) is 6.20 Å². The second-order valence-electron chi connectivity index (χ2n) is 5.48. The number of amides is 1. The van der Waals surface area contributed by atoms with Gasteiger partial charge in [0.05, 0.1) is 11.9 Å². The molecule has 2 heterocycles. The van der Waals surface area contributed by atoms with Crippen LogP contribution in [0.2, 0.25) is 0 Å². The number of hydrogen-bond acceptors (Lipinski definition) is 4. The molecule has 5 nitrogen and oxygen atoms in total. The van der Waals surface area contributed by atoms with Gasteiger partial charge in [0.1, 0.15) is 11.6 Å². The predicted octanol–water partition coefficient (Wildman–Crippen LogP) is 2.47. The Hall–Kier alpha value is -2.35. The van der Waals surface area contributed by atoms with Gasteiger partial charge in [-0.1, -0.05) is 6.92 Å². The number of likely N-dealkylation sites (tertiary alicyclic amines) is 1. The number of nitriles is 1. The molecule has 0 aromatic carbocycles. The summed E-state index contributed by atoms with van der Waals surface area (Å²) in [7, 11) is 0. The lowest BCUT2D eigenvalue weighted by atomic mass is 9.99. The summed E-state index contributed by atoms with van der Waals surface area (Å²) in [5, 5.41) is 12.1. The predicted molar refractivity (Wildman–Crippen MR) is 81.3 cm³/mol. The molecular weight excluding hydrogens is 264 g/mol. The van der Waals surface area contributed by atoms with Crippen molar-refractivity contribution in [2.45, 2.75) is 26.7 Å². The highest BCUT2D eigenvalue weighted by molar-refractivity contribution is 5.97. The van der Waals surface area contributed by atoms with Gasteiger partial charge in [0, 0.05) is 25.0 Å². The minimum Gasteiger partial charge on any atom is -0.359 e. The molecule has 2 rings (SSSR count). The van der Waals surface area contributed by atoms with Gasteiger partial charge in [0.15, 0.2) is 0 Å². The number of nitrogens with zero attached hydrogens (tertiary/aromatic N) is 3. The van der Waals surface area contributed by atoms with E-state index in [-0.39, 0.29) is 11.5 Å². The molecule has 0 radical (unpaired) electrons. The molecule has 5 heteroatoms. The van der Waals surface area contributed by atoms with Crippen LogP contribution in [0.25, 0.3) is 0 Å². The molecule has 0 bridgehead atoms. The average molecular weight is 284 g/mol. The van der Waals surface area contributed by atoms with Gasteiger partial charge in [0.25, 0.3) is 5.91 Å². The third kappa shape index (κ3) is 4.06. The van der Waals surface area contributed by atoms with Crippen LogP contribution in [0.15, 0.2) is 30.1 Å². The van der Waals surface area contributed by atoms with Gasteiger partial charge >= 0.3 is 0 Å². The van der Waals surface area contributed by atoms with Crippen molar-refractivity contribution in [3.05, 3.63) is 35.8 Å². The normalized spacial score (nSPS) is 16.4. The fourth-order valence-corrected chi connectivity index (χ4v) is 2.23. The summed E-state index contributed by atoms with van der Waals surface area (Å²) >= 11 is 0. The molecule has 0 atom stereocenters. The lowest BCUT2D eigenvalue weighted by molar-refractivity contribution is -0.128. The Bertz CT molecular complexity index is 563. The van der Waals surface area contributed by atoms with E-state index in [1.54, 1.807) is 11.1 Å². The highest BCUT2D eigenvalue weighted by Crippen LogP contribution is 2.17. The molecule has 0 unspecified atom stereocenters. The second-order valence-corrected chi connectivity index (χ2v) is 5.48. The van der Waals surface area contributed by atoms with Crippen LogP contribution in [0.3, 0.4) is 0 Å². The lowest BCUT2D eigenvalue weighted by Gasteiger charge is -2.30. The zero-order chi connectivity index (χ0) is 15.2. The van der Waals surface area contributed by atoms with Crippen LogP contribution >= 0.6 is 0 Å². The van der Waals surface area contributed by atoms with Crippen molar-refractivity contribution in [2.75, 3.05) is 18.4 Å². The summed E-state index contributed by atoms with van der Waals surface area (Å²) in [4.78, 5) is 18.2. The molecule has 0 spiro atoms. The minimum absolute atomic E-state index is 0.130. The maximum absolute atomic E-state index is 12.3. The Morgan fingerprint density at radius 2 is 2.19 bits per heavy atom. The average Bonchev–Trinajstić information content (AvgIpc) is 2.50. The number of piperidine rings is 1. The quantitative estimate of drug-likeness (QED) is 0.684. The van der Waals surface area contributed by atoms with E-state index in [1.807, 2.05) is 25.1 Å². The Kier molecular flexibility index (Phi) is 4.94. The van der Waals surface area contributed by atoms with Crippen molar-refractivity contribution in [3.63, 3.8) is 0 Å². The molecular formula is C16H20N4O. The van der Waals surface area contributed by atoms with Gasteiger partial charge < -0.3 is 10.2 Å². The number of anilines is 1. The Morgan fingerprint density at radius 1 is 1.48 bits per heavy atom. The van der Waals surface area contributed by atoms with E-state index in [9.17, 15) is 10.1 Å². The molecule has 1 amide bonds. The third-order valence-electron chi connectivity index (χ3n) is 3.72. The SMILES string of the molecule is Cc1ccc(N/C=C(/C#N)C(=O)N2CCC(C)CC2)cn1. The van der Waals surface area contributed by atoms with E-state index in [2.05, 4.69) is 17.2 Å². The van der Waals surface area contributed by atoms with Crippen LogP contribution in [0.1, 0.15) is 25.5 Å². The van der Waals surface area contributed by atoms with Gasteiger partial charge in [-0.05, 0) is 37.8 Å². The van der Waals surface area contributed by atoms with Gasteiger partial charge in [-0.15, -0.1) is 0 Å². The first-order valence-electron chi connectivity index (χ1n) is 7.19. The summed E-state index contributed by atoms with van der Waals surface area (Å²) in [6.07, 6.45) is 5.14. The van der Waals surface area contributed by atoms with Crippen molar-refractivity contribution < 1.29 is 4.79 Å². The van der Waals surface area contributed by atoms with Gasteiger partial charge in [-0.25, -0.2) is 0 Å². The third-order valence-corrected chi connectivity index (χ3v) is 3.72. The Balaban J connectivity index is 2.01. The smallest absolute Gasteiger partial charge is 0.266 e. The number of hydrogen-bond donors (Lipinski definition) is 1. The van der Waals surface area contributed by atoms with E-state index in [0.29, 0.717) is 5.92 Å². The van der Waals surface area contributed by atoms with Crippen molar-refractivity contribution in [2.24, 2.45) is 5.92 Å². The van der Waals surface area contributed by atoms with E-state index in [4.69, 9.17) is 0 Å². The molecule has 1 aromatic heterocycles. The Morgan fingerprint density at radius 3 is 2.76 bits per heavy atom. The summed E-state index contributed by atoms with van der Waals surface area (Å²) in [6, 6.07) is 5.71. The van der Waals surface area contributed by atoms with E-state index >= 15 is 0 Å². The van der Waals surface area contributed by atoms with Crippen LogP contribution < -0.4 is 5.32 Å². The molecule has 110 valence electrons. The number of rotatable bonds is 3. The summed E-state index contributed by atoms with van der Waals surface area (Å²) < 4.78 is 0. The van der Waals surface area contributed by atoms with Crippen molar-refractivity contribution >= 4 is 11.6 Å². The van der Waals surface area contributed by atoms with Crippen molar-refractivity contribution in [1.82, 2.24) is 9.88 Å². The maximum atomic E-state index is 12.3. The zero-order valence-corrected chi connectivity index (χ0v) is 12.5. The van der Waals surface area contributed by atoms with Gasteiger partial charge in [-0.3, -0.25) is 9.78 Å². The number of aromatic nitrogens is 1. The first-order chi connectivity index (χ1) is 10.1. The van der Waals surface area contributed by atoms with Gasteiger partial charge in [-0.2, -0.15) is 5.26 Å². The summed E-state index contributed by atoms with van der Waals surface area (Å²) in [5.41, 5.74) is 1.81. The molecule has 1 aliphatic rings. The molecule has 1 aromatic rings. The Labute approximate surface area is 125 Å². The monoisotopic (exact) mass is 284 g/mol. The molecule has 1 aliphatic heterocycles. The van der Waals surface area contributed by atoms with Crippen LogP contribution in [0, 0.1) is 24.2 Å². The summed E-state index contributed by atoms with van der Waals surface area (Å²) in [6.45, 7) is 5.55. The highest BCUT2D eigenvalue weighted by Gasteiger charge is 2.22. The number of carbonyl (C=O) groups is 1. The van der Waals surface area contributed by atoms with Crippen molar-refractivity contribution in [3.8, 4) is 6.07 Å². The molecule has 21 heavy (non-hydrogen) atoms. The summed E-state index contributed by atoms with van der Waals surface area (Å²) in [5.74, 6) is 0.456. The van der Waals surface area contributed by atoms with Crippen LogP contribution in [-0.2, 0) is 4.79 Å². The van der Waals surface area contributed by atoms with Crippen LogP contribution in [0.5, 0.6) is 0 Å². The number of aryl methyl sites for hydroxylation is 1. The number of nitrogens with one attached hydrogen (secondary N) is 1. The van der Waals surface area contributed by atoms with E-state index < -0.39 is 0 Å².